The van der Waals surface area contributed by atoms with Crippen LogP contribution in [-0.2, 0) is 13.1 Å². The maximum atomic E-state index is 9.05. The first-order valence-corrected chi connectivity index (χ1v) is 14.5. The Labute approximate surface area is 258 Å². The monoisotopic (exact) mass is 625 g/mol. The number of halogens is 3. The second kappa shape index (κ2) is 13.8. The van der Waals surface area contributed by atoms with Gasteiger partial charge in [0.2, 0.25) is 5.88 Å². The number of aromatic nitrogens is 3. The zero-order valence-corrected chi connectivity index (χ0v) is 25.1. The molecule has 3 aromatic heterocycles. The lowest BCUT2D eigenvalue weighted by molar-refractivity contribution is 0.291. The van der Waals surface area contributed by atoms with Crippen LogP contribution < -0.4 is 15.4 Å². The Balaban J connectivity index is 1.49. The summed E-state index contributed by atoms with van der Waals surface area (Å²) in [5.74, 6) is 0.487. The summed E-state index contributed by atoms with van der Waals surface area (Å²) in [5.41, 5.74) is 6.96. The molecule has 4 N–H and O–H groups in total. The Morgan fingerprint density at radius 3 is 2.12 bits per heavy atom. The van der Waals surface area contributed by atoms with Crippen molar-refractivity contribution in [3.8, 4) is 39.4 Å². The molecule has 8 nitrogen and oxygen atoms in total. The topological polar surface area (TPSA) is 104 Å². The van der Waals surface area contributed by atoms with Crippen LogP contribution in [0.1, 0.15) is 11.3 Å². The smallest absolute Gasteiger partial charge is 0.218 e. The van der Waals surface area contributed by atoms with E-state index in [4.69, 9.17) is 54.7 Å². The summed E-state index contributed by atoms with van der Waals surface area (Å²) in [4.78, 5) is 9.38. The van der Waals surface area contributed by atoms with E-state index in [2.05, 4.69) is 15.6 Å². The molecule has 0 aliphatic heterocycles. The Bertz CT molecular complexity index is 1710. The third kappa shape index (κ3) is 6.26. The van der Waals surface area contributed by atoms with Crippen molar-refractivity contribution in [3.05, 3.63) is 93.3 Å². The lowest BCUT2D eigenvalue weighted by Gasteiger charge is -2.15. The van der Waals surface area contributed by atoms with E-state index in [1.807, 2.05) is 71.3 Å². The molecule has 0 amide bonds. The van der Waals surface area contributed by atoms with Crippen molar-refractivity contribution >= 4 is 40.4 Å². The lowest BCUT2D eigenvalue weighted by atomic mass is 9.97. The molecule has 0 unspecified atom stereocenters. The summed E-state index contributed by atoms with van der Waals surface area (Å²) in [6, 6.07) is 19.4. The molecule has 0 aliphatic rings. The molecule has 218 valence electrons. The molecule has 2 aromatic carbocycles. The first-order chi connectivity index (χ1) is 20.5. The maximum absolute atomic E-state index is 9.05. The molecule has 0 saturated carbocycles. The average molecular weight is 627 g/mol. The zero-order chi connectivity index (χ0) is 29.6. The maximum Gasteiger partial charge on any atom is 0.218 e. The lowest BCUT2D eigenvalue weighted by Crippen LogP contribution is -2.18. The van der Waals surface area contributed by atoms with Crippen LogP contribution in [0, 0.1) is 0 Å². The molecule has 0 fully saturated rings. The summed E-state index contributed by atoms with van der Waals surface area (Å²) in [5, 5.41) is 25.9. The number of aliphatic hydroxyl groups excluding tert-OH is 2. The minimum Gasteiger partial charge on any atom is -0.481 e. The van der Waals surface area contributed by atoms with Crippen LogP contribution in [0.2, 0.25) is 15.2 Å². The number of aliphatic hydroxyl groups is 2. The summed E-state index contributed by atoms with van der Waals surface area (Å²) < 4.78 is 7.35. The molecule has 0 saturated heterocycles. The first-order valence-electron chi connectivity index (χ1n) is 13.4. The van der Waals surface area contributed by atoms with E-state index in [-0.39, 0.29) is 13.2 Å². The van der Waals surface area contributed by atoms with E-state index >= 15 is 0 Å². The van der Waals surface area contributed by atoms with Crippen molar-refractivity contribution in [2.75, 3.05) is 33.4 Å². The average Bonchev–Trinajstić information content (AvgIpc) is 3.32. The highest BCUT2D eigenvalue weighted by atomic mass is 35.5. The Morgan fingerprint density at radius 2 is 1.43 bits per heavy atom. The van der Waals surface area contributed by atoms with Crippen LogP contribution in [0.25, 0.3) is 39.2 Å². The van der Waals surface area contributed by atoms with Gasteiger partial charge in [-0.3, -0.25) is 4.40 Å². The zero-order valence-electron chi connectivity index (χ0n) is 22.9. The molecule has 42 heavy (non-hydrogen) atoms. The number of rotatable bonds is 12. The largest absolute Gasteiger partial charge is 0.481 e. The van der Waals surface area contributed by atoms with Crippen LogP contribution in [0.5, 0.6) is 5.88 Å². The van der Waals surface area contributed by atoms with Gasteiger partial charge in [0.05, 0.1) is 41.8 Å². The summed E-state index contributed by atoms with van der Waals surface area (Å²) in [6.07, 6.45) is 1.87. The van der Waals surface area contributed by atoms with Gasteiger partial charge >= 0.3 is 0 Å². The number of methoxy groups -OCH3 is 1. The predicted molar refractivity (Wildman–Crippen MR) is 168 cm³/mol. The predicted octanol–water partition coefficient (Wildman–Crippen LogP) is 5.86. The summed E-state index contributed by atoms with van der Waals surface area (Å²) >= 11 is 20.6. The number of nitrogens with one attached hydrogen (secondary N) is 2. The molecule has 11 heteroatoms. The minimum atomic E-state index is 0.0394. The van der Waals surface area contributed by atoms with E-state index in [0.717, 1.165) is 33.4 Å². The number of imidazole rings is 1. The molecule has 3 heterocycles. The Morgan fingerprint density at radius 1 is 0.786 bits per heavy atom. The fraction of sp³-hybridized carbons (Fsp3) is 0.226. The van der Waals surface area contributed by atoms with Crippen molar-refractivity contribution in [3.63, 3.8) is 0 Å². The number of benzene rings is 2. The molecule has 5 aromatic rings. The van der Waals surface area contributed by atoms with E-state index < -0.39 is 0 Å². The van der Waals surface area contributed by atoms with Crippen molar-refractivity contribution in [1.29, 1.82) is 0 Å². The second-order valence-corrected chi connectivity index (χ2v) is 10.6. The fourth-order valence-electron chi connectivity index (χ4n) is 4.76. The molecule has 0 aliphatic carbocycles. The Kier molecular flexibility index (Phi) is 9.97. The molecular weight excluding hydrogens is 597 g/mol. The normalized spacial score (nSPS) is 11.4. The van der Waals surface area contributed by atoms with Crippen molar-refractivity contribution < 1.29 is 14.9 Å². The minimum absolute atomic E-state index is 0.0394. The molecular formula is C31H30Cl3N5O3. The van der Waals surface area contributed by atoms with Gasteiger partial charge in [-0.15, -0.1) is 0 Å². The van der Waals surface area contributed by atoms with E-state index in [0.29, 0.717) is 64.3 Å². The van der Waals surface area contributed by atoms with Crippen molar-refractivity contribution in [2.24, 2.45) is 0 Å². The number of pyridine rings is 2. The van der Waals surface area contributed by atoms with Gasteiger partial charge in [-0.25, -0.2) is 9.97 Å². The van der Waals surface area contributed by atoms with Crippen LogP contribution in [-0.4, -0.2) is 58.0 Å². The van der Waals surface area contributed by atoms with Gasteiger partial charge in [0.25, 0.3) is 0 Å². The van der Waals surface area contributed by atoms with Gasteiger partial charge in [0, 0.05) is 60.2 Å². The van der Waals surface area contributed by atoms with Gasteiger partial charge in [0.1, 0.15) is 10.8 Å². The molecule has 0 bridgehead atoms. The molecule has 0 spiro atoms. The van der Waals surface area contributed by atoms with Crippen LogP contribution in [0.15, 0.2) is 66.9 Å². The standard InChI is InChI=1S/C31H30Cl3N5O3/c1-42-31-20(17-35-11-14-40)8-9-25(38-31)24-7-3-6-23(29(24)33)22-5-2-4-21(28(22)32)19-10-13-39-27(16-19)37-26(30(39)34)18-36-12-15-41/h2-10,13,16,35-36,40-41H,11-12,14-15,17-18H2,1H3. The summed E-state index contributed by atoms with van der Waals surface area (Å²) in [6.45, 7) is 2.00. The highest BCUT2D eigenvalue weighted by molar-refractivity contribution is 6.39. The number of hydrogen-bond donors (Lipinski definition) is 4. The number of ether oxygens (including phenoxy) is 1. The molecule has 5 rings (SSSR count). The van der Waals surface area contributed by atoms with Gasteiger partial charge in [0.15, 0.2) is 0 Å². The summed E-state index contributed by atoms with van der Waals surface area (Å²) in [7, 11) is 1.58. The van der Waals surface area contributed by atoms with E-state index in [9.17, 15) is 0 Å². The van der Waals surface area contributed by atoms with E-state index in [1.54, 1.807) is 7.11 Å². The highest BCUT2D eigenvalue weighted by Crippen LogP contribution is 2.42. The SMILES string of the molecule is COc1nc(-c2cccc(-c3cccc(-c4ccn5c(Cl)c(CNCCO)nc5c4)c3Cl)c2Cl)ccc1CNCCO. The van der Waals surface area contributed by atoms with Gasteiger partial charge in [-0.2, -0.15) is 0 Å². The third-order valence-corrected chi connectivity index (χ3v) is 8.04. The van der Waals surface area contributed by atoms with Crippen LogP contribution in [0.4, 0.5) is 0 Å². The van der Waals surface area contributed by atoms with Crippen LogP contribution in [0.3, 0.4) is 0 Å². The second-order valence-electron chi connectivity index (χ2n) is 9.49. The van der Waals surface area contributed by atoms with Gasteiger partial charge < -0.3 is 25.6 Å². The number of nitrogens with zero attached hydrogens (tertiary/aromatic N) is 3. The highest BCUT2D eigenvalue weighted by Gasteiger charge is 2.18. The van der Waals surface area contributed by atoms with Gasteiger partial charge in [-0.05, 0) is 23.8 Å². The number of fused-ring (bicyclic) bond motifs is 1. The van der Waals surface area contributed by atoms with E-state index in [1.165, 1.54) is 0 Å². The molecule has 0 atom stereocenters. The van der Waals surface area contributed by atoms with Crippen molar-refractivity contribution in [1.82, 2.24) is 25.0 Å². The fourth-order valence-corrected chi connectivity index (χ4v) is 5.68. The number of hydrogen-bond acceptors (Lipinski definition) is 7. The Hall–Kier alpha value is -3.21. The quantitative estimate of drug-likeness (QED) is 0.129. The first kappa shape index (κ1) is 30.3. The van der Waals surface area contributed by atoms with Gasteiger partial charge in [-0.1, -0.05) is 77.3 Å². The third-order valence-electron chi connectivity index (χ3n) is 6.83. The van der Waals surface area contributed by atoms with Crippen LogP contribution >= 0.6 is 34.8 Å². The molecule has 0 radical (unpaired) electrons. The van der Waals surface area contributed by atoms with Crippen molar-refractivity contribution in [2.45, 2.75) is 13.1 Å².